The predicted octanol–water partition coefficient (Wildman–Crippen LogP) is 1.49. The number of hydrogen-bond donors (Lipinski definition) is 2. The first kappa shape index (κ1) is 21.1. The summed E-state index contributed by atoms with van der Waals surface area (Å²) in [6, 6.07) is 15.6. The van der Waals surface area contributed by atoms with Gasteiger partial charge in [-0.15, -0.1) is 0 Å². The van der Waals surface area contributed by atoms with E-state index in [0.717, 1.165) is 48.5 Å². The van der Waals surface area contributed by atoms with E-state index >= 15 is 0 Å². The van der Waals surface area contributed by atoms with Crippen LogP contribution in [0.1, 0.15) is 10.5 Å². The molecule has 4 rings (SSSR count). The summed E-state index contributed by atoms with van der Waals surface area (Å²) in [6.45, 7) is 4.11. The summed E-state index contributed by atoms with van der Waals surface area (Å²) in [6.07, 6.45) is -0.642. The second-order valence-corrected chi connectivity index (χ2v) is 7.81. The molecule has 1 amide bonds. The van der Waals surface area contributed by atoms with Crippen LogP contribution in [-0.4, -0.2) is 78.2 Å². The summed E-state index contributed by atoms with van der Waals surface area (Å²) in [4.78, 5) is 17.1. The molecule has 0 saturated carbocycles. The summed E-state index contributed by atoms with van der Waals surface area (Å²) in [5.41, 5.74) is 2.39. The van der Waals surface area contributed by atoms with Gasteiger partial charge in [-0.25, -0.2) is 0 Å². The van der Waals surface area contributed by atoms with Gasteiger partial charge in [0.2, 0.25) is 0 Å². The van der Waals surface area contributed by atoms with Gasteiger partial charge in [-0.05, 0) is 18.2 Å². The van der Waals surface area contributed by atoms with Crippen molar-refractivity contribution < 1.29 is 14.6 Å². The molecular weight excluding hydrogens is 394 g/mol. The van der Waals surface area contributed by atoms with Crippen LogP contribution < -0.4 is 15.0 Å². The number of aliphatic hydroxyl groups is 1. The number of methoxy groups -OCH3 is 1. The number of carbonyl (C=O) groups is 1. The molecule has 2 aromatic carbocycles. The van der Waals surface area contributed by atoms with Crippen LogP contribution in [0.2, 0.25) is 0 Å². The Morgan fingerprint density at radius 1 is 1.13 bits per heavy atom. The Bertz CT molecular complexity index is 1040. The number of nitrogens with one attached hydrogen (secondary N) is 1. The quantitative estimate of drug-likeness (QED) is 0.599. The first-order valence-corrected chi connectivity index (χ1v) is 10.5. The Morgan fingerprint density at radius 2 is 1.84 bits per heavy atom. The Hall–Kier alpha value is -3.10. The predicted molar refractivity (Wildman–Crippen MR) is 121 cm³/mol. The molecule has 1 fully saturated rings. The van der Waals surface area contributed by atoms with Gasteiger partial charge in [-0.2, -0.15) is 5.10 Å². The molecule has 0 aliphatic carbocycles. The topological polar surface area (TPSA) is 82.9 Å². The van der Waals surface area contributed by atoms with Gasteiger partial charge in [0.1, 0.15) is 5.75 Å². The van der Waals surface area contributed by atoms with Gasteiger partial charge in [-0.1, -0.05) is 30.3 Å². The van der Waals surface area contributed by atoms with Crippen molar-refractivity contribution in [1.82, 2.24) is 20.0 Å². The maximum atomic E-state index is 12.6. The van der Waals surface area contributed by atoms with E-state index in [1.165, 1.54) is 0 Å². The number of benzene rings is 2. The number of aromatic nitrogens is 2. The molecule has 8 nitrogen and oxygen atoms in total. The minimum absolute atomic E-state index is 0.191. The molecule has 1 aliphatic rings. The van der Waals surface area contributed by atoms with Crippen molar-refractivity contribution in [3.05, 3.63) is 54.2 Å². The van der Waals surface area contributed by atoms with E-state index in [1.54, 1.807) is 11.8 Å². The molecule has 1 aliphatic heterocycles. The largest absolute Gasteiger partial charge is 0.495 e. The fourth-order valence-corrected chi connectivity index (χ4v) is 4.10. The molecule has 2 heterocycles. The molecule has 31 heavy (non-hydrogen) atoms. The third-order valence-electron chi connectivity index (χ3n) is 5.74. The van der Waals surface area contributed by atoms with E-state index in [4.69, 9.17) is 4.74 Å². The Labute approximate surface area is 182 Å². The van der Waals surface area contributed by atoms with Gasteiger partial charge in [0.15, 0.2) is 5.69 Å². The third kappa shape index (κ3) is 4.65. The van der Waals surface area contributed by atoms with E-state index < -0.39 is 6.10 Å². The van der Waals surface area contributed by atoms with Crippen LogP contribution in [0.5, 0.6) is 5.75 Å². The maximum Gasteiger partial charge on any atom is 0.272 e. The number of hydrogen-bond acceptors (Lipinski definition) is 6. The van der Waals surface area contributed by atoms with E-state index in [1.807, 2.05) is 49.5 Å². The van der Waals surface area contributed by atoms with Crippen molar-refractivity contribution in [2.75, 3.05) is 51.3 Å². The number of aliphatic hydroxyl groups excluding tert-OH is 1. The summed E-state index contributed by atoms with van der Waals surface area (Å²) < 4.78 is 7.16. The highest BCUT2D eigenvalue weighted by molar-refractivity contribution is 6.04. The number of carbonyl (C=O) groups excluding carboxylic acids is 1. The summed E-state index contributed by atoms with van der Waals surface area (Å²) in [5.74, 6) is 0.609. The number of fused-ring (bicyclic) bond motifs is 1. The SMILES string of the molecule is COc1ccccc1N1CCN(CC(O)CNC(=O)c2nn(C)c3ccccc23)CC1. The zero-order chi connectivity index (χ0) is 21.8. The number of ether oxygens (including phenoxy) is 1. The fourth-order valence-electron chi connectivity index (χ4n) is 4.10. The van der Waals surface area contributed by atoms with Crippen LogP contribution in [0.15, 0.2) is 48.5 Å². The number of para-hydroxylation sites is 3. The van der Waals surface area contributed by atoms with Crippen molar-refractivity contribution in [1.29, 1.82) is 0 Å². The van der Waals surface area contributed by atoms with E-state index in [2.05, 4.69) is 26.3 Å². The van der Waals surface area contributed by atoms with Crippen molar-refractivity contribution in [2.45, 2.75) is 6.10 Å². The van der Waals surface area contributed by atoms with Crippen molar-refractivity contribution in [3.63, 3.8) is 0 Å². The average molecular weight is 424 g/mol. The fraction of sp³-hybridized carbons (Fsp3) is 0.391. The Morgan fingerprint density at radius 3 is 2.61 bits per heavy atom. The van der Waals surface area contributed by atoms with E-state index in [0.29, 0.717) is 12.2 Å². The molecule has 3 aromatic rings. The lowest BCUT2D eigenvalue weighted by atomic mass is 10.2. The van der Waals surface area contributed by atoms with Crippen molar-refractivity contribution in [2.24, 2.45) is 7.05 Å². The highest BCUT2D eigenvalue weighted by Crippen LogP contribution is 2.28. The Kier molecular flexibility index (Phi) is 6.39. The lowest BCUT2D eigenvalue weighted by molar-refractivity contribution is 0.0848. The average Bonchev–Trinajstić information content (AvgIpc) is 3.15. The van der Waals surface area contributed by atoms with E-state index in [-0.39, 0.29) is 12.5 Å². The summed E-state index contributed by atoms with van der Waals surface area (Å²) in [5, 5.41) is 18.4. The van der Waals surface area contributed by atoms with Crippen LogP contribution in [0, 0.1) is 0 Å². The van der Waals surface area contributed by atoms with Crippen LogP contribution in [-0.2, 0) is 7.05 Å². The van der Waals surface area contributed by atoms with Crippen LogP contribution in [0.25, 0.3) is 10.9 Å². The second-order valence-electron chi connectivity index (χ2n) is 7.81. The number of piperazine rings is 1. The zero-order valence-electron chi connectivity index (χ0n) is 18.0. The number of anilines is 1. The molecule has 0 radical (unpaired) electrons. The lowest BCUT2D eigenvalue weighted by Gasteiger charge is -2.37. The summed E-state index contributed by atoms with van der Waals surface area (Å²) in [7, 11) is 3.51. The second kappa shape index (κ2) is 9.36. The number of aryl methyl sites for hydroxylation is 1. The standard InChI is InChI=1S/C23H29N5O3/c1-26-19-8-4-3-7-18(19)22(25-26)23(30)24-15-17(29)16-27-11-13-28(14-12-27)20-9-5-6-10-21(20)31-2/h3-10,17,29H,11-16H2,1-2H3,(H,24,30). The minimum atomic E-state index is -0.642. The lowest BCUT2D eigenvalue weighted by Crippen LogP contribution is -2.50. The number of nitrogens with zero attached hydrogens (tertiary/aromatic N) is 4. The molecule has 164 valence electrons. The zero-order valence-corrected chi connectivity index (χ0v) is 18.0. The number of amides is 1. The molecule has 1 unspecified atom stereocenters. The smallest absolute Gasteiger partial charge is 0.272 e. The molecule has 0 bridgehead atoms. The maximum absolute atomic E-state index is 12.6. The van der Waals surface area contributed by atoms with Gasteiger partial charge >= 0.3 is 0 Å². The van der Waals surface area contributed by atoms with Crippen molar-refractivity contribution in [3.8, 4) is 5.75 Å². The number of β-amino-alcohol motifs (C(OH)–C–C–N with tert-alkyl or cyclic N) is 1. The monoisotopic (exact) mass is 423 g/mol. The highest BCUT2D eigenvalue weighted by atomic mass is 16.5. The Balaban J connectivity index is 1.27. The van der Waals surface area contributed by atoms with Gasteiger partial charge in [-0.3, -0.25) is 14.4 Å². The van der Waals surface area contributed by atoms with Crippen LogP contribution in [0.3, 0.4) is 0 Å². The molecule has 0 spiro atoms. The van der Waals surface area contributed by atoms with Crippen LogP contribution >= 0.6 is 0 Å². The van der Waals surface area contributed by atoms with E-state index in [9.17, 15) is 9.90 Å². The molecular formula is C23H29N5O3. The normalized spacial score (nSPS) is 15.8. The van der Waals surface area contributed by atoms with Gasteiger partial charge in [0.25, 0.3) is 5.91 Å². The van der Waals surface area contributed by atoms with Gasteiger partial charge in [0.05, 0.1) is 24.4 Å². The van der Waals surface area contributed by atoms with Gasteiger partial charge < -0.3 is 20.1 Å². The van der Waals surface area contributed by atoms with Gasteiger partial charge in [0, 0.05) is 51.7 Å². The molecule has 1 aromatic heterocycles. The molecule has 1 atom stereocenters. The first-order chi connectivity index (χ1) is 15.1. The molecule has 1 saturated heterocycles. The summed E-state index contributed by atoms with van der Waals surface area (Å²) >= 11 is 0. The van der Waals surface area contributed by atoms with Crippen LogP contribution in [0.4, 0.5) is 5.69 Å². The number of rotatable bonds is 7. The van der Waals surface area contributed by atoms with Crippen molar-refractivity contribution >= 4 is 22.5 Å². The third-order valence-corrected chi connectivity index (χ3v) is 5.74. The molecule has 2 N–H and O–H groups in total. The highest BCUT2D eigenvalue weighted by Gasteiger charge is 2.22. The molecule has 8 heteroatoms. The first-order valence-electron chi connectivity index (χ1n) is 10.5. The minimum Gasteiger partial charge on any atom is -0.495 e.